The van der Waals surface area contributed by atoms with Crippen molar-refractivity contribution in [3.63, 3.8) is 0 Å². The van der Waals surface area contributed by atoms with Gasteiger partial charge in [0.25, 0.3) is 0 Å². The monoisotopic (exact) mass is 494 g/mol. The number of carbonyl (C=O) groups excluding carboxylic acids is 1. The maximum Gasteiger partial charge on any atom is 0.244 e. The number of anilines is 1. The highest BCUT2D eigenvalue weighted by molar-refractivity contribution is 9.10. The number of carbonyl (C=O) groups is 1. The summed E-state index contributed by atoms with van der Waals surface area (Å²) in [5.74, 6) is -0.766. The molecule has 152 valence electrons. The molecule has 1 amide bonds. The summed E-state index contributed by atoms with van der Waals surface area (Å²) in [6.07, 6.45) is 0. The summed E-state index contributed by atoms with van der Waals surface area (Å²) in [5.41, 5.74) is 0.891. The molecular weight excluding hydrogens is 476 g/mol. The van der Waals surface area contributed by atoms with E-state index in [1.807, 2.05) is 30.3 Å². The summed E-state index contributed by atoms with van der Waals surface area (Å²) >= 11 is 4.50. The smallest absolute Gasteiger partial charge is 0.244 e. The number of sulfonamides is 1. The Labute approximate surface area is 181 Å². The minimum absolute atomic E-state index is 0.0847. The molecule has 0 radical (unpaired) electrons. The summed E-state index contributed by atoms with van der Waals surface area (Å²) in [7, 11) is -3.86. The Balaban J connectivity index is 1.75. The van der Waals surface area contributed by atoms with Gasteiger partial charge in [-0.1, -0.05) is 71.4 Å². The van der Waals surface area contributed by atoms with Gasteiger partial charge in [-0.25, -0.2) is 8.42 Å². The van der Waals surface area contributed by atoms with Gasteiger partial charge in [0.1, 0.15) is 11.0 Å². The van der Waals surface area contributed by atoms with E-state index in [4.69, 9.17) is 0 Å². The quantitative estimate of drug-likeness (QED) is 0.518. The van der Waals surface area contributed by atoms with Crippen molar-refractivity contribution in [1.29, 1.82) is 0 Å². The number of nitrogens with zero attached hydrogens (tertiary/aromatic N) is 2. The molecule has 0 saturated heterocycles. The Kier molecular flexibility index (Phi) is 6.78. The second kappa shape index (κ2) is 9.12. The Bertz CT molecular complexity index is 1080. The maximum absolute atomic E-state index is 12.8. The zero-order valence-electron chi connectivity index (χ0n) is 15.7. The van der Waals surface area contributed by atoms with Gasteiger partial charge in [0.15, 0.2) is 0 Å². The van der Waals surface area contributed by atoms with Crippen molar-refractivity contribution in [2.75, 3.05) is 5.32 Å². The first-order valence-electron chi connectivity index (χ1n) is 8.74. The van der Waals surface area contributed by atoms with Crippen LogP contribution in [0.5, 0.6) is 0 Å². The molecule has 1 unspecified atom stereocenters. The van der Waals surface area contributed by atoms with Gasteiger partial charge >= 0.3 is 0 Å². The first kappa shape index (κ1) is 21.6. The van der Waals surface area contributed by atoms with Gasteiger partial charge < -0.3 is 0 Å². The van der Waals surface area contributed by atoms with Crippen LogP contribution in [0, 0.1) is 5.92 Å². The van der Waals surface area contributed by atoms with Crippen LogP contribution in [0.15, 0.2) is 64.0 Å². The molecule has 0 saturated carbocycles. The molecule has 1 atom stereocenters. The molecule has 0 aliphatic heterocycles. The van der Waals surface area contributed by atoms with Crippen molar-refractivity contribution in [3.05, 3.63) is 59.1 Å². The van der Waals surface area contributed by atoms with Crippen molar-refractivity contribution in [1.82, 2.24) is 14.9 Å². The predicted molar refractivity (Wildman–Crippen MR) is 117 cm³/mol. The van der Waals surface area contributed by atoms with Gasteiger partial charge in [-0.2, -0.15) is 4.72 Å². The van der Waals surface area contributed by atoms with E-state index in [1.165, 1.54) is 23.5 Å². The van der Waals surface area contributed by atoms with Crippen LogP contribution in [-0.2, 0) is 14.8 Å². The van der Waals surface area contributed by atoms with Crippen LogP contribution in [0.2, 0.25) is 0 Å². The lowest BCUT2D eigenvalue weighted by molar-refractivity contribution is -0.118. The number of hydrogen-bond acceptors (Lipinski definition) is 6. The minimum Gasteiger partial charge on any atom is -0.299 e. The molecule has 7 nitrogen and oxygen atoms in total. The maximum atomic E-state index is 12.8. The number of benzene rings is 2. The van der Waals surface area contributed by atoms with Crippen molar-refractivity contribution >= 4 is 48.3 Å². The minimum atomic E-state index is -3.86. The lowest BCUT2D eigenvalue weighted by atomic mass is 10.1. The third kappa shape index (κ3) is 5.47. The normalized spacial score (nSPS) is 12.7. The molecule has 0 spiro atoms. The molecule has 10 heteroatoms. The zero-order valence-corrected chi connectivity index (χ0v) is 18.9. The van der Waals surface area contributed by atoms with Gasteiger partial charge in [0, 0.05) is 10.0 Å². The van der Waals surface area contributed by atoms with E-state index in [9.17, 15) is 13.2 Å². The Morgan fingerprint density at radius 1 is 1.03 bits per heavy atom. The number of rotatable bonds is 7. The third-order valence-electron chi connectivity index (χ3n) is 4.03. The molecule has 1 heterocycles. The van der Waals surface area contributed by atoms with Crippen molar-refractivity contribution in [3.8, 4) is 10.6 Å². The molecule has 3 aromatic rings. The van der Waals surface area contributed by atoms with Gasteiger partial charge in [-0.05, 0) is 30.2 Å². The summed E-state index contributed by atoms with van der Waals surface area (Å²) < 4.78 is 28.6. The van der Waals surface area contributed by atoms with Gasteiger partial charge in [-0.3, -0.25) is 10.1 Å². The third-order valence-corrected chi connectivity index (χ3v) is 6.90. The summed E-state index contributed by atoms with van der Waals surface area (Å²) in [5, 5.41) is 11.7. The molecule has 0 aliphatic carbocycles. The molecule has 1 aromatic heterocycles. The number of hydrogen-bond donors (Lipinski definition) is 2. The number of nitrogens with one attached hydrogen (secondary N) is 2. The average Bonchev–Trinajstić information content (AvgIpc) is 3.15. The molecular formula is C19H19BrN4O3S2. The van der Waals surface area contributed by atoms with E-state index >= 15 is 0 Å². The van der Waals surface area contributed by atoms with E-state index in [0.717, 1.165) is 10.0 Å². The van der Waals surface area contributed by atoms with Gasteiger partial charge in [0.2, 0.25) is 21.1 Å². The number of halogens is 1. The van der Waals surface area contributed by atoms with E-state index < -0.39 is 22.0 Å². The van der Waals surface area contributed by atoms with Crippen LogP contribution in [0.3, 0.4) is 0 Å². The average molecular weight is 495 g/mol. The summed E-state index contributed by atoms with van der Waals surface area (Å²) in [6.45, 7) is 3.54. The first-order valence-corrected chi connectivity index (χ1v) is 11.8. The van der Waals surface area contributed by atoms with Gasteiger partial charge in [0.05, 0.1) is 4.90 Å². The highest BCUT2D eigenvalue weighted by Gasteiger charge is 2.29. The fourth-order valence-corrected chi connectivity index (χ4v) is 4.86. The molecule has 0 fully saturated rings. The van der Waals surface area contributed by atoms with Crippen molar-refractivity contribution in [2.45, 2.75) is 24.8 Å². The Morgan fingerprint density at radius 3 is 2.31 bits per heavy atom. The fraction of sp³-hybridized carbons (Fsp3) is 0.211. The van der Waals surface area contributed by atoms with Crippen molar-refractivity contribution < 1.29 is 13.2 Å². The van der Waals surface area contributed by atoms with Crippen LogP contribution in [0.1, 0.15) is 13.8 Å². The lowest BCUT2D eigenvalue weighted by Crippen LogP contribution is -2.47. The van der Waals surface area contributed by atoms with E-state index in [-0.39, 0.29) is 10.8 Å². The van der Waals surface area contributed by atoms with Crippen molar-refractivity contribution in [2.24, 2.45) is 5.92 Å². The Hall–Kier alpha value is -2.14. The largest absolute Gasteiger partial charge is 0.299 e. The van der Waals surface area contributed by atoms with Crippen LogP contribution in [0.4, 0.5) is 5.13 Å². The van der Waals surface area contributed by atoms with Crippen LogP contribution < -0.4 is 10.0 Å². The lowest BCUT2D eigenvalue weighted by Gasteiger charge is -2.21. The zero-order chi connectivity index (χ0) is 21.0. The van der Waals surface area contributed by atoms with Crippen LogP contribution in [-0.4, -0.2) is 30.6 Å². The van der Waals surface area contributed by atoms with E-state index in [0.29, 0.717) is 10.1 Å². The second-order valence-corrected chi connectivity index (χ2v) is 10.2. The van der Waals surface area contributed by atoms with Crippen LogP contribution in [0.25, 0.3) is 10.6 Å². The molecule has 2 aromatic carbocycles. The highest BCUT2D eigenvalue weighted by atomic mass is 79.9. The molecule has 2 N–H and O–H groups in total. The molecule has 29 heavy (non-hydrogen) atoms. The predicted octanol–water partition coefficient (Wildman–Crippen LogP) is 3.91. The Morgan fingerprint density at radius 2 is 1.69 bits per heavy atom. The molecule has 0 bridgehead atoms. The number of aromatic nitrogens is 2. The first-order chi connectivity index (χ1) is 13.8. The summed E-state index contributed by atoms with van der Waals surface area (Å²) in [4.78, 5) is 12.8. The molecule has 0 aliphatic rings. The van der Waals surface area contributed by atoms with E-state index in [1.54, 1.807) is 26.0 Å². The fourth-order valence-electron chi connectivity index (χ4n) is 2.50. The molecule has 3 rings (SSSR count). The number of amides is 1. The topological polar surface area (TPSA) is 101 Å². The van der Waals surface area contributed by atoms with Crippen LogP contribution >= 0.6 is 27.3 Å². The van der Waals surface area contributed by atoms with E-state index in [2.05, 4.69) is 36.2 Å². The summed E-state index contributed by atoms with van der Waals surface area (Å²) in [6, 6.07) is 14.7. The SMILES string of the molecule is CC(C)C(NS(=O)(=O)c1ccc(Br)cc1)C(=O)Nc1nnc(-c2ccccc2)s1. The highest BCUT2D eigenvalue weighted by Crippen LogP contribution is 2.26. The second-order valence-electron chi connectivity index (χ2n) is 6.56. The van der Waals surface area contributed by atoms with Gasteiger partial charge in [-0.15, -0.1) is 10.2 Å². The standard InChI is InChI=1S/C19H19BrN4O3S2/c1-12(2)16(24-29(26,27)15-10-8-14(20)9-11-15)17(25)21-19-23-22-18(28-19)13-6-4-3-5-7-13/h3-12,16,24H,1-2H3,(H,21,23,25).